The van der Waals surface area contributed by atoms with Gasteiger partial charge in [-0.3, -0.25) is 9.97 Å². The Morgan fingerprint density at radius 1 is 0.947 bits per heavy atom. The number of anilines is 2. The Labute approximate surface area is 123 Å². The second-order valence-corrected chi connectivity index (χ2v) is 5.07. The van der Waals surface area contributed by atoms with Crippen molar-refractivity contribution in [2.75, 3.05) is 11.5 Å². The topological polar surface area (TPSA) is 144 Å². The third kappa shape index (κ3) is 10.2. The molecule has 2 rings (SSSR count). The van der Waals surface area contributed by atoms with Crippen molar-refractivity contribution in [3.05, 3.63) is 45.5 Å². The van der Waals surface area contributed by atoms with Crippen LogP contribution in [0, 0.1) is 0 Å². The third-order valence-corrected chi connectivity index (χ3v) is 1.39. The van der Waals surface area contributed by atoms with Crippen molar-refractivity contribution in [3.8, 4) is 0 Å². The number of halogens is 2. The molecule has 2 aromatic rings. The van der Waals surface area contributed by atoms with E-state index in [1.54, 1.807) is 0 Å². The molecular formula is C8H10Cl2N6O2Pd. The monoisotopic (exact) mass is 398 g/mol. The number of H-pyrrole nitrogens is 2. The molecule has 0 saturated heterocycles. The molecule has 0 radical (unpaired) electrons. The normalized spacial score (nSPS) is 8.74. The van der Waals surface area contributed by atoms with Crippen LogP contribution in [0.5, 0.6) is 0 Å². The molecule has 0 aromatic carbocycles. The summed E-state index contributed by atoms with van der Waals surface area (Å²) in [6.07, 6.45) is 2.71. The van der Waals surface area contributed by atoms with Gasteiger partial charge in [0.2, 0.25) is 0 Å². The van der Waals surface area contributed by atoms with Crippen LogP contribution in [0.2, 0.25) is 0 Å². The van der Waals surface area contributed by atoms with Gasteiger partial charge >= 0.3 is 46.4 Å². The molecule has 11 heteroatoms. The van der Waals surface area contributed by atoms with E-state index in [2.05, 4.69) is 19.9 Å². The second-order valence-electron chi connectivity index (χ2n) is 2.71. The number of aromatic amines is 2. The Hall–Kier alpha value is -1.40. The number of rotatable bonds is 0. The molecule has 0 aliphatic rings. The minimum atomic E-state index is -0.412. The number of hydrogen-bond donors (Lipinski definition) is 4. The maximum absolute atomic E-state index is 10.2. The van der Waals surface area contributed by atoms with E-state index in [-0.39, 0.29) is 15.9 Å². The molecule has 0 aliphatic carbocycles. The van der Waals surface area contributed by atoms with E-state index in [1.807, 2.05) is 0 Å². The Bertz CT molecular complexity index is 538. The molecular weight excluding hydrogens is 389 g/mol. The summed E-state index contributed by atoms with van der Waals surface area (Å²) in [6, 6.07) is 3.03. The van der Waals surface area contributed by atoms with Gasteiger partial charge in [-0.25, -0.2) is 19.6 Å². The van der Waals surface area contributed by atoms with Crippen molar-refractivity contribution in [2.24, 2.45) is 0 Å². The average Bonchev–Trinajstić information content (AvgIpc) is 2.30. The molecule has 0 bridgehead atoms. The van der Waals surface area contributed by atoms with Crippen LogP contribution in [0.25, 0.3) is 0 Å². The van der Waals surface area contributed by atoms with Gasteiger partial charge in [0.25, 0.3) is 0 Å². The zero-order valence-electron chi connectivity index (χ0n) is 9.25. The molecule has 0 aliphatic heterocycles. The molecule has 8 nitrogen and oxygen atoms in total. The fourth-order valence-corrected chi connectivity index (χ4v) is 0.765. The first-order valence-corrected chi connectivity index (χ1v) is 8.44. The van der Waals surface area contributed by atoms with Crippen LogP contribution in [-0.4, -0.2) is 19.9 Å². The van der Waals surface area contributed by atoms with E-state index in [0.717, 1.165) is 0 Å². The van der Waals surface area contributed by atoms with Gasteiger partial charge in [-0.15, -0.1) is 0 Å². The second kappa shape index (κ2) is 10.5. The van der Waals surface area contributed by atoms with E-state index in [1.165, 1.54) is 24.5 Å². The summed E-state index contributed by atoms with van der Waals surface area (Å²) >= 11 is -0.106. The minimum absolute atomic E-state index is 0.106. The summed E-state index contributed by atoms with van der Waals surface area (Å²) in [6.45, 7) is 0. The fourth-order valence-electron chi connectivity index (χ4n) is 0.765. The molecule has 0 unspecified atom stereocenters. The summed E-state index contributed by atoms with van der Waals surface area (Å²) < 4.78 is 0. The molecule has 0 fully saturated rings. The molecule has 2 heterocycles. The molecule has 0 atom stereocenters. The Kier molecular flexibility index (Phi) is 9.74. The molecule has 19 heavy (non-hydrogen) atoms. The average molecular weight is 400 g/mol. The number of hydrogen-bond acceptors (Lipinski definition) is 6. The Morgan fingerprint density at radius 3 is 1.42 bits per heavy atom. The van der Waals surface area contributed by atoms with Crippen LogP contribution in [-0.2, 0) is 15.9 Å². The summed E-state index contributed by atoms with van der Waals surface area (Å²) in [4.78, 5) is 31.7. The van der Waals surface area contributed by atoms with E-state index in [9.17, 15) is 9.59 Å². The van der Waals surface area contributed by atoms with E-state index in [0.29, 0.717) is 11.6 Å². The third-order valence-electron chi connectivity index (χ3n) is 1.39. The van der Waals surface area contributed by atoms with Crippen LogP contribution < -0.4 is 22.8 Å². The van der Waals surface area contributed by atoms with Crippen LogP contribution in [0.15, 0.2) is 34.1 Å². The van der Waals surface area contributed by atoms with Gasteiger partial charge in [-0.05, 0) is 12.1 Å². The predicted octanol–water partition coefficient (Wildman–Crippen LogP) is 0.0807. The van der Waals surface area contributed by atoms with E-state index in [4.69, 9.17) is 30.5 Å². The number of nitrogen functional groups attached to an aromatic ring is 2. The van der Waals surface area contributed by atoms with Crippen LogP contribution >= 0.6 is 19.1 Å². The molecule has 0 amide bonds. The SMILES string of the molecule is Nc1ccnc(=O)[nH]1.Nc1ccnc(=O)[nH]1.[Cl][Pd][Cl]. The summed E-state index contributed by atoms with van der Waals surface area (Å²) in [5.74, 6) is 0.676. The number of nitrogens with two attached hydrogens (primary N) is 2. The standard InChI is InChI=1S/2C4H5N3O.2ClH.Pd/c2*5-3-1-2-6-4(8)7-3;;;/h2*1-2H,(H3,5,6,7,8);2*1H;/q;;;;+2/p-2. The van der Waals surface area contributed by atoms with Gasteiger partial charge in [0, 0.05) is 12.4 Å². The summed E-state index contributed by atoms with van der Waals surface area (Å²) in [7, 11) is 9.63. The van der Waals surface area contributed by atoms with Crippen molar-refractivity contribution in [2.45, 2.75) is 0 Å². The van der Waals surface area contributed by atoms with Crippen LogP contribution in [0.3, 0.4) is 0 Å². The fraction of sp³-hybridized carbons (Fsp3) is 0. The quantitative estimate of drug-likeness (QED) is 0.462. The van der Waals surface area contributed by atoms with Crippen molar-refractivity contribution in [1.82, 2.24) is 19.9 Å². The summed E-state index contributed by atoms with van der Waals surface area (Å²) in [5, 5.41) is 0. The Morgan fingerprint density at radius 2 is 1.26 bits per heavy atom. The van der Waals surface area contributed by atoms with Gasteiger partial charge in [-0.2, -0.15) is 0 Å². The van der Waals surface area contributed by atoms with Gasteiger partial charge in [0.15, 0.2) is 0 Å². The molecule has 0 spiro atoms. The number of nitrogens with one attached hydrogen (secondary N) is 2. The Balaban J connectivity index is 0.000000284. The summed E-state index contributed by atoms with van der Waals surface area (Å²) in [5.41, 5.74) is 9.50. The zero-order valence-corrected chi connectivity index (χ0v) is 12.3. The molecule has 6 N–H and O–H groups in total. The molecule has 108 valence electrons. The van der Waals surface area contributed by atoms with Gasteiger partial charge < -0.3 is 11.5 Å². The van der Waals surface area contributed by atoms with Crippen molar-refractivity contribution >= 4 is 30.7 Å². The predicted molar refractivity (Wildman–Crippen MR) is 70.2 cm³/mol. The van der Waals surface area contributed by atoms with Gasteiger partial charge in [-0.1, -0.05) is 0 Å². The van der Waals surface area contributed by atoms with Gasteiger partial charge in [0.1, 0.15) is 11.6 Å². The van der Waals surface area contributed by atoms with Gasteiger partial charge in [0.05, 0.1) is 0 Å². The first kappa shape index (κ1) is 17.6. The van der Waals surface area contributed by atoms with Crippen molar-refractivity contribution in [1.29, 1.82) is 0 Å². The number of aromatic nitrogens is 4. The first-order valence-electron chi connectivity index (χ1n) is 4.43. The zero-order chi connectivity index (χ0) is 14.7. The van der Waals surface area contributed by atoms with Crippen molar-refractivity contribution < 1.29 is 15.9 Å². The first-order chi connectivity index (χ1) is 8.99. The van der Waals surface area contributed by atoms with Crippen LogP contribution in [0.4, 0.5) is 11.6 Å². The van der Waals surface area contributed by atoms with Crippen molar-refractivity contribution in [3.63, 3.8) is 0 Å². The number of nitrogens with zero attached hydrogens (tertiary/aromatic N) is 2. The molecule has 0 saturated carbocycles. The van der Waals surface area contributed by atoms with Crippen LogP contribution in [0.1, 0.15) is 0 Å². The maximum atomic E-state index is 10.2. The van der Waals surface area contributed by atoms with E-state index < -0.39 is 11.4 Å². The van der Waals surface area contributed by atoms with E-state index >= 15 is 0 Å². The molecule has 2 aromatic heterocycles.